The molecule has 2 rings (SSSR count). The molecule has 0 spiro atoms. The summed E-state index contributed by atoms with van der Waals surface area (Å²) in [6.45, 7) is 1.93. The quantitative estimate of drug-likeness (QED) is 0.764. The van der Waals surface area contributed by atoms with Crippen molar-refractivity contribution >= 4 is 21.7 Å². The molecule has 0 aromatic heterocycles. The molecule has 1 saturated carbocycles. The highest BCUT2D eigenvalue weighted by Crippen LogP contribution is 2.36. The van der Waals surface area contributed by atoms with Crippen LogP contribution in [-0.4, -0.2) is 42.9 Å². The van der Waals surface area contributed by atoms with E-state index < -0.39 is 27.6 Å². The van der Waals surface area contributed by atoms with E-state index in [-0.39, 0.29) is 29.4 Å². The first kappa shape index (κ1) is 14.3. The van der Waals surface area contributed by atoms with Crippen LogP contribution in [0.4, 0.5) is 0 Å². The van der Waals surface area contributed by atoms with Crippen LogP contribution in [0.3, 0.4) is 0 Å². The second-order valence-corrected chi connectivity index (χ2v) is 7.97. The lowest BCUT2D eigenvalue weighted by Gasteiger charge is -2.18. The number of nitrogens with one attached hydrogen (secondary N) is 1. The molecule has 19 heavy (non-hydrogen) atoms. The van der Waals surface area contributed by atoms with Crippen LogP contribution >= 0.6 is 0 Å². The third kappa shape index (κ3) is 3.26. The predicted molar refractivity (Wildman–Crippen MR) is 68.2 cm³/mol. The molecule has 2 unspecified atom stereocenters. The van der Waals surface area contributed by atoms with Crippen LogP contribution in [0.1, 0.15) is 26.2 Å². The van der Waals surface area contributed by atoms with Crippen molar-refractivity contribution in [1.82, 2.24) is 5.32 Å². The highest BCUT2D eigenvalue weighted by atomic mass is 32.2. The Morgan fingerprint density at radius 2 is 1.84 bits per heavy atom. The lowest BCUT2D eigenvalue weighted by atomic mass is 9.95. The molecule has 0 aromatic carbocycles. The summed E-state index contributed by atoms with van der Waals surface area (Å²) in [6.07, 6.45) is 1.49. The monoisotopic (exact) mass is 289 g/mol. The van der Waals surface area contributed by atoms with Crippen molar-refractivity contribution in [2.45, 2.75) is 32.2 Å². The van der Waals surface area contributed by atoms with E-state index in [9.17, 15) is 18.0 Å². The molecule has 2 fully saturated rings. The molecule has 1 amide bonds. The first-order valence-electron chi connectivity index (χ1n) is 6.52. The van der Waals surface area contributed by atoms with E-state index in [0.717, 1.165) is 0 Å². The average Bonchev–Trinajstić information content (AvgIpc) is 2.82. The summed E-state index contributed by atoms with van der Waals surface area (Å²) in [5, 5.41) is 11.8. The van der Waals surface area contributed by atoms with Crippen LogP contribution in [0, 0.1) is 17.8 Å². The third-order valence-corrected chi connectivity index (χ3v) is 5.80. The minimum atomic E-state index is -3.04. The lowest BCUT2D eigenvalue weighted by molar-refractivity contribution is -0.146. The van der Waals surface area contributed by atoms with Gasteiger partial charge in [0.2, 0.25) is 5.91 Å². The minimum Gasteiger partial charge on any atom is -0.481 e. The predicted octanol–water partition coefficient (Wildman–Crippen LogP) is 0.0366. The Balaban J connectivity index is 1.98. The maximum atomic E-state index is 12.1. The minimum absolute atomic E-state index is 0.0290. The van der Waals surface area contributed by atoms with Gasteiger partial charge in [-0.3, -0.25) is 9.59 Å². The maximum absolute atomic E-state index is 12.1. The number of aliphatic carboxylic acids is 1. The van der Waals surface area contributed by atoms with Crippen molar-refractivity contribution in [2.24, 2.45) is 17.8 Å². The molecule has 0 radical (unpaired) electrons. The number of rotatable bonds is 3. The zero-order valence-electron chi connectivity index (χ0n) is 10.8. The van der Waals surface area contributed by atoms with E-state index in [0.29, 0.717) is 19.3 Å². The number of carbonyl (C=O) groups excluding carboxylic acids is 1. The lowest BCUT2D eigenvalue weighted by Crippen LogP contribution is -2.41. The molecule has 108 valence electrons. The van der Waals surface area contributed by atoms with Crippen molar-refractivity contribution in [3.8, 4) is 0 Å². The SMILES string of the molecule is CC1C[C@H](C(=O)NC2CCS(=O)(=O)C2)[C@H](C(=O)O)C1. The van der Waals surface area contributed by atoms with E-state index in [1.807, 2.05) is 6.92 Å². The van der Waals surface area contributed by atoms with E-state index in [1.54, 1.807) is 0 Å². The highest BCUT2D eigenvalue weighted by molar-refractivity contribution is 7.91. The molecule has 2 aliphatic rings. The number of amides is 1. The fourth-order valence-electron chi connectivity index (χ4n) is 3.07. The number of sulfone groups is 1. The summed E-state index contributed by atoms with van der Waals surface area (Å²) in [5.74, 6) is -2.14. The molecule has 1 aliphatic heterocycles. The van der Waals surface area contributed by atoms with E-state index >= 15 is 0 Å². The summed E-state index contributed by atoms with van der Waals surface area (Å²) in [7, 11) is -3.04. The van der Waals surface area contributed by atoms with Crippen LogP contribution in [0.5, 0.6) is 0 Å². The van der Waals surface area contributed by atoms with Crippen molar-refractivity contribution in [3.63, 3.8) is 0 Å². The van der Waals surface area contributed by atoms with E-state index in [2.05, 4.69) is 5.32 Å². The number of carboxylic acid groups (broad SMARTS) is 1. The van der Waals surface area contributed by atoms with Crippen LogP contribution in [0.25, 0.3) is 0 Å². The molecule has 4 atom stereocenters. The molecular formula is C12H19NO5S. The molecule has 1 saturated heterocycles. The smallest absolute Gasteiger partial charge is 0.307 e. The Labute approximate surface area is 112 Å². The molecule has 0 aromatic rings. The van der Waals surface area contributed by atoms with Crippen molar-refractivity contribution in [3.05, 3.63) is 0 Å². The Morgan fingerprint density at radius 3 is 2.37 bits per heavy atom. The van der Waals surface area contributed by atoms with Gasteiger partial charge in [0.25, 0.3) is 0 Å². The second-order valence-electron chi connectivity index (χ2n) is 5.74. The Kier molecular flexibility index (Phi) is 3.85. The summed E-state index contributed by atoms with van der Waals surface area (Å²) >= 11 is 0. The van der Waals surface area contributed by atoms with Gasteiger partial charge < -0.3 is 10.4 Å². The van der Waals surface area contributed by atoms with Gasteiger partial charge in [-0.2, -0.15) is 0 Å². The van der Waals surface area contributed by atoms with Crippen LogP contribution < -0.4 is 5.32 Å². The maximum Gasteiger partial charge on any atom is 0.307 e. The van der Waals surface area contributed by atoms with Gasteiger partial charge >= 0.3 is 5.97 Å². The second kappa shape index (κ2) is 5.11. The van der Waals surface area contributed by atoms with Gasteiger partial charge in [0.15, 0.2) is 9.84 Å². The molecule has 1 aliphatic carbocycles. The Bertz CT molecular complexity index is 486. The summed E-state index contributed by atoms with van der Waals surface area (Å²) in [5.41, 5.74) is 0. The summed E-state index contributed by atoms with van der Waals surface area (Å²) in [4.78, 5) is 23.2. The normalized spacial score (nSPS) is 37.1. The molecule has 7 heteroatoms. The summed E-state index contributed by atoms with van der Waals surface area (Å²) in [6, 6.07) is -0.358. The molecule has 2 N–H and O–H groups in total. The van der Waals surface area contributed by atoms with Gasteiger partial charge in [-0.1, -0.05) is 6.92 Å². The van der Waals surface area contributed by atoms with Crippen molar-refractivity contribution < 1.29 is 23.1 Å². The first-order chi connectivity index (χ1) is 8.78. The van der Waals surface area contributed by atoms with Crippen molar-refractivity contribution in [2.75, 3.05) is 11.5 Å². The zero-order chi connectivity index (χ0) is 14.2. The molecular weight excluding hydrogens is 270 g/mol. The third-order valence-electron chi connectivity index (χ3n) is 4.03. The van der Waals surface area contributed by atoms with Crippen LogP contribution in [-0.2, 0) is 19.4 Å². The van der Waals surface area contributed by atoms with Gasteiger partial charge in [0.05, 0.1) is 23.3 Å². The average molecular weight is 289 g/mol. The summed E-state index contributed by atoms with van der Waals surface area (Å²) < 4.78 is 22.6. The fraction of sp³-hybridized carbons (Fsp3) is 0.833. The standard InChI is InChI=1S/C12H19NO5S/c1-7-4-9(10(5-7)12(15)16)11(14)13-8-2-3-19(17,18)6-8/h7-10H,2-6H2,1H3,(H,13,14)(H,15,16)/t7?,8?,9-,10+/m0/s1. The van der Waals surface area contributed by atoms with Crippen LogP contribution in [0.2, 0.25) is 0 Å². The van der Waals surface area contributed by atoms with Gasteiger partial charge in [-0.05, 0) is 25.2 Å². The Morgan fingerprint density at radius 1 is 1.21 bits per heavy atom. The zero-order valence-corrected chi connectivity index (χ0v) is 11.6. The van der Waals surface area contributed by atoms with Gasteiger partial charge in [0, 0.05) is 6.04 Å². The topological polar surface area (TPSA) is 101 Å². The number of hydrogen-bond acceptors (Lipinski definition) is 4. The number of hydrogen-bond donors (Lipinski definition) is 2. The largest absolute Gasteiger partial charge is 0.481 e. The fourth-order valence-corrected chi connectivity index (χ4v) is 4.74. The van der Waals surface area contributed by atoms with E-state index in [1.165, 1.54) is 0 Å². The Hall–Kier alpha value is -1.11. The van der Waals surface area contributed by atoms with Gasteiger partial charge in [-0.25, -0.2) is 8.42 Å². The van der Waals surface area contributed by atoms with Crippen molar-refractivity contribution in [1.29, 1.82) is 0 Å². The molecule has 0 bridgehead atoms. The number of carbonyl (C=O) groups is 2. The van der Waals surface area contributed by atoms with Gasteiger partial charge in [-0.15, -0.1) is 0 Å². The van der Waals surface area contributed by atoms with Crippen LogP contribution in [0.15, 0.2) is 0 Å². The number of carboxylic acids is 1. The highest BCUT2D eigenvalue weighted by Gasteiger charge is 2.42. The molecule has 6 nitrogen and oxygen atoms in total. The first-order valence-corrected chi connectivity index (χ1v) is 8.34. The van der Waals surface area contributed by atoms with Gasteiger partial charge in [0.1, 0.15) is 0 Å². The van der Waals surface area contributed by atoms with E-state index in [4.69, 9.17) is 5.11 Å². The molecule has 1 heterocycles.